The topological polar surface area (TPSA) is 41.1 Å². The molecular weight excluding hydrogens is 304 g/mol. The second-order valence-electron chi connectivity index (χ2n) is 6.26. The number of hydrogen-bond donors (Lipinski definition) is 2. The Bertz CT molecular complexity index is 776. The van der Waals surface area contributed by atoms with Crippen LogP contribution in [-0.4, -0.2) is 12.1 Å². The SMILES string of the molecule is C/C(=C\c1ccccc1)C1NC(=O)c2c(sc3c2CCCC3)N1. The van der Waals surface area contributed by atoms with Crippen LogP contribution < -0.4 is 10.6 Å². The fourth-order valence-corrected chi connectivity index (χ4v) is 4.72. The maximum atomic E-state index is 12.6. The Morgan fingerprint density at radius 3 is 2.78 bits per heavy atom. The third kappa shape index (κ3) is 2.68. The number of carbonyl (C=O) groups is 1. The summed E-state index contributed by atoms with van der Waals surface area (Å²) >= 11 is 1.77. The number of benzene rings is 1. The molecular formula is C19H20N2OS. The first-order chi connectivity index (χ1) is 11.2. The van der Waals surface area contributed by atoms with Gasteiger partial charge in [-0.15, -0.1) is 11.3 Å². The lowest BCUT2D eigenvalue weighted by Gasteiger charge is -2.27. The van der Waals surface area contributed by atoms with Gasteiger partial charge in [-0.25, -0.2) is 0 Å². The number of hydrogen-bond acceptors (Lipinski definition) is 3. The van der Waals surface area contributed by atoms with Crippen LogP contribution in [0.2, 0.25) is 0 Å². The van der Waals surface area contributed by atoms with Crippen LogP contribution in [0.1, 0.15) is 46.1 Å². The van der Waals surface area contributed by atoms with E-state index < -0.39 is 0 Å². The van der Waals surface area contributed by atoms with E-state index in [1.54, 1.807) is 11.3 Å². The summed E-state index contributed by atoms with van der Waals surface area (Å²) in [5, 5.41) is 7.69. The van der Waals surface area contributed by atoms with Crippen LogP contribution in [0.4, 0.5) is 5.00 Å². The summed E-state index contributed by atoms with van der Waals surface area (Å²) in [5.41, 5.74) is 4.44. The summed E-state index contributed by atoms with van der Waals surface area (Å²) in [6.07, 6.45) is 6.58. The predicted molar refractivity (Wildman–Crippen MR) is 95.9 cm³/mol. The van der Waals surface area contributed by atoms with E-state index in [9.17, 15) is 4.79 Å². The van der Waals surface area contributed by atoms with E-state index in [1.165, 1.54) is 23.3 Å². The highest BCUT2D eigenvalue weighted by molar-refractivity contribution is 7.16. The molecule has 1 aromatic heterocycles. The molecule has 2 N–H and O–H groups in total. The van der Waals surface area contributed by atoms with E-state index in [2.05, 4.69) is 35.8 Å². The lowest BCUT2D eigenvalue weighted by molar-refractivity contribution is 0.0941. The zero-order chi connectivity index (χ0) is 15.8. The van der Waals surface area contributed by atoms with E-state index in [4.69, 9.17) is 0 Å². The van der Waals surface area contributed by atoms with Crippen molar-refractivity contribution >= 4 is 28.3 Å². The van der Waals surface area contributed by atoms with Gasteiger partial charge in [0.2, 0.25) is 0 Å². The molecule has 2 aliphatic rings. The van der Waals surface area contributed by atoms with Crippen molar-refractivity contribution in [2.24, 2.45) is 0 Å². The average molecular weight is 324 g/mol. The van der Waals surface area contributed by atoms with Gasteiger partial charge in [0.1, 0.15) is 11.2 Å². The summed E-state index contributed by atoms with van der Waals surface area (Å²) in [7, 11) is 0. The highest BCUT2D eigenvalue weighted by Crippen LogP contribution is 2.40. The van der Waals surface area contributed by atoms with Crippen molar-refractivity contribution in [2.75, 3.05) is 5.32 Å². The van der Waals surface area contributed by atoms with Gasteiger partial charge in [-0.05, 0) is 49.3 Å². The van der Waals surface area contributed by atoms with E-state index in [1.807, 2.05) is 18.2 Å². The molecule has 0 spiro atoms. The smallest absolute Gasteiger partial charge is 0.256 e. The summed E-state index contributed by atoms with van der Waals surface area (Å²) in [6, 6.07) is 10.2. The first-order valence-corrected chi connectivity index (χ1v) is 8.99. The van der Waals surface area contributed by atoms with Crippen molar-refractivity contribution in [2.45, 2.75) is 38.8 Å². The van der Waals surface area contributed by atoms with Gasteiger partial charge in [-0.1, -0.05) is 36.4 Å². The molecule has 1 aliphatic carbocycles. The van der Waals surface area contributed by atoms with Crippen LogP contribution in [0.5, 0.6) is 0 Å². The Hall–Kier alpha value is -2.07. The molecule has 118 valence electrons. The third-order valence-corrected chi connectivity index (χ3v) is 5.82. The molecule has 23 heavy (non-hydrogen) atoms. The summed E-state index contributed by atoms with van der Waals surface area (Å²) in [5.74, 6) is 0.0731. The van der Waals surface area contributed by atoms with E-state index >= 15 is 0 Å². The van der Waals surface area contributed by atoms with Gasteiger partial charge >= 0.3 is 0 Å². The van der Waals surface area contributed by atoms with Crippen LogP contribution in [0.3, 0.4) is 0 Å². The molecule has 1 atom stereocenters. The second kappa shape index (κ2) is 5.85. The minimum Gasteiger partial charge on any atom is -0.353 e. The maximum Gasteiger partial charge on any atom is 0.256 e. The Balaban J connectivity index is 1.63. The van der Waals surface area contributed by atoms with Gasteiger partial charge in [-0.2, -0.15) is 0 Å². The van der Waals surface area contributed by atoms with Gasteiger partial charge in [0.15, 0.2) is 0 Å². The molecule has 4 rings (SSSR count). The molecule has 0 radical (unpaired) electrons. The molecule has 2 aromatic rings. The lowest BCUT2D eigenvalue weighted by Crippen LogP contribution is -2.45. The van der Waals surface area contributed by atoms with Crippen molar-refractivity contribution < 1.29 is 4.79 Å². The molecule has 4 heteroatoms. The number of carbonyl (C=O) groups excluding carboxylic acids is 1. The molecule has 1 aromatic carbocycles. The Morgan fingerprint density at radius 2 is 1.96 bits per heavy atom. The quantitative estimate of drug-likeness (QED) is 0.869. The second-order valence-corrected chi connectivity index (χ2v) is 7.37. The normalized spacial score (nSPS) is 20.3. The van der Waals surface area contributed by atoms with Crippen molar-refractivity contribution in [3.05, 3.63) is 57.5 Å². The minimum absolute atomic E-state index is 0.0731. The standard InChI is InChI=1S/C19H20N2OS/c1-12(11-13-7-3-2-4-8-13)17-20-18(22)16-14-9-5-6-10-15(14)23-19(16)21-17/h2-4,7-8,11,17,21H,5-6,9-10H2,1H3,(H,20,22)/b12-11+. The molecule has 0 saturated heterocycles. The molecule has 1 amide bonds. The van der Waals surface area contributed by atoms with Crippen LogP contribution >= 0.6 is 11.3 Å². The third-order valence-electron chi connectivity index (χ3n) is 4.60. The molecule has 3 nitrogen and oxygen atoms in total. The fourth-order valence-electron chi connectivity index (χ4n) is 3.40. The van der Waals surface area contributed by atoms with E-state index in [0.29, 0.717) is 0 Å². The highest BCUT2D eigenvalue weighted by Gasteiger charge is 2.31. The molecule has 0 fully saturated rings. The Labute approximate surface area is 140 Å². The van der Waals surface area contributed by atoms with E-state index in [-0.39, 0.29) is 12.1 Å². The van der Waals surface area contributed by atoms with Crippen molar-refractivity contribution in [3.63, 3.8) is 0 Å². The molecule has 0 bridgehead atoms. The molecule has 2 heterocycles. The number of thiophene rings is 1. The van der Waals surface area contributed by atoms with Gasteiger partial charge in [0.25, 0.3) is 5.91 Å². The van der Waals surface area contributed by atoms with Crippen LogP contribution in [0.15, 0.2) is 35.9 Å². The summed E-state index contributed by atoms with van der Waals surface area (Å²) in [4.78, 5) is 14.0. The maximum absolute atomic E-state index is 12.6. The summed E-state index contributed by atoms with van der Waals surface area (Å²) < 4.78 is 0. The number of amides is 1. The number of rotatable bonds is 2. The van der Waals surface area contributed by atoms with Crippen LogP contribution in [0.25, 0.3) is 6.08 Å². The van der Waals surface area contributed by atoms with Crippen molar-refractivity contribution in [1.82, 2.24) is 5.32 Å². The van der Waals surface area contributed by atoms with Crippen LogP contribution in [0, 0.1) is 0 Å². The fraction of sp³-hybridized carbons (Fsp3) is 0.316. The first kappa shape index (κ1) is 14.5. The Morgan fingerprint density at radius 1 is 1.17 bits per heavy atom. The van der Waals surface area contributed by atoms with Crippen molar-refractivity contribution in [3.8, 4) is 0 Å². The largest absolute Gasteiger partial charge is 0.353 e. The number of aryl methyl sites for hydroxylation is 1. The number of fused-ring (bicyclic) bond motifs is 3. The Kier molecular flexibility index (Phi) is 3.69. The van der Waals surface area contributed by atoms with Gasteiger partial charge in [0.05, 0.1) is 5.56 Å². The van der Waals surface area contributed by atoms with E-state index in [0.717, 1.165) is 34.5 Å². The van der Waals surface area contributed by atoms with Crippen molar-refractivity contribution in [1.29, 1.82) is 0 Å². The van der Waals surface area contributed by atoms with Gasteiger partial charge < -0.3 is 10.6 Å². The average Bonchev–Trinajstić information content (AvgIpc) is 2.94. The monoisotopic (exact) mass is 324 g/mol. The highest BCUT2D eigenvalue weighted by atomic mass is 32.1. The zero-order valence-electron chi connectivity index (χ0n) is 13.2. The molecule has 1 aliphatic heterocycles. The first-order valence-electron chi connectivity index (χ1n) is 8.17. The van der Waals surface area contributed by atoms with Crippen LogP contribution in [-0.2, 0) is 12.8 Å². The number of anilines is 1. The predicted octanol–water partition coefficient (Wildman–Crippen LogP) is 4.21. The number of nitrogens with one attached hydrogen (secondary N) is 2. The lowest BCUT2D eigenvalue weighted by atomic mass is 9.94. The zero-order valence-corrected chi connectivity index (χ0v) is 14.0. The minimum atomic E-state index is -0.129. The van der Waals surface area contributed by atoms with Gasteiger partial charge in [-0.3, -0.25) is 4.79 Å². The molecule has 0 saturated carbocycles. The summed E-state index contributed by atoms with van der Waals surface area (Å²) in [6.45, 7) is 2.06. The van der Waals surface area contributed by atoms with Gasteiger partial charge in [0, 0.05) is 4.88 Å². The molecule has 1 unspecified atom stereocenters.